The molecule has 1 aromatic rings. The summed E-state index contributed by atoms with van der Waals surface area (Å²) in [5.41, 5.74) is 6.93. The van der Waals surface area contributed by atoms with Crippen LogP contribution in [-0.2, 0) is 0 Å². The van der Waals surface area contributed by atoms with E-state index >= 15 is 0 Å². The van der Waals surface area contributed by atoms with Gasteiger partial charge in [0.25, 0.3) is 0 Å². The lowest BCUT2D eigenvalue weighted by Gasteiger charge is -2.41. The van der Waals surface area contributed by atoms with Crippen molar-refractivity contribution in [3.05, 3.63) is 23.8 Å². The smallest absolute Gasteiger partial charge is 0.170 e. The molecule has 1 spiro atoms. The van der Waals surface area contributed by atoms with Crippen molar-refractivity contribution in [2.45, 2.75) is 37.5 Å². The predicted octanol–water partition coefficient (Wildman–Crippen LogP) is 1.51. The quantitative estimate of drug-likeness (QED) is 0.499. The summed E-state index contributed by atoms with van der Waals surface area (Å²) in [5.74, 6) is 0.803. The van der Waals surface area contributed by atoms with Crippen molar-refractivity contribution >= 4 is 17.7 Å². The van der Waals surface area contributed by atoms with Gasteiger partial charge in [-0.3, -0.25) is 4.79 Å². The maximum absolute atomic E-state index is 12.5. The molecule has 2 aliphatic rings. The Morgan fingerprint density at radius 2 is 2.23 bits per heavy atom. The van der Waals surface area contributed by atoms with Crippen molar-refractivity contribution in [1.82, 2.24) is 5.32 Å². The number of fused-ring (bicyclic) bond motifs is 1. The van der Waals surface area contributed by atoms with Gasteiger partial charge in [-0.2, -0.15) is 0 Å². The number of carbonyl (C=O) groups excluding carboxylic acids is 1. The van der Waals surface area contributed by atoms with Crippen molar-refractivity contribution in [3.8, 4) is 5.75 Å². The fourth-order valence-corrected chi connectivity index (χ4v) is 3.15. The Kier molecular flexibility index (Phi) is 4.13. The molecule has 0 saturated carbocycles. The molecule has 118 valence electrons. The Morgan fingerprint density at radius 1 is 1.45 bits per heavy atom. The van der Waals surface area contributed by atoms with Gasteiger partial charge in [0.1, 0.15) is 11.4 Å². The second-order valence-electron chi connectivity index (χ2n) is 6.04. The van der Waals surface area contributed by atoms with Crippen LogP contribution < -0.4 is 21.1 Å². The van der Waals surface area contributed by atoms with Crippen LogP contribution in [-0.4, -0.2) is 36.9 Å². The number of nitrogens with one attached hydrogen (secondary N) is 3. The highest BCUT2D eigenvalue weighted by molar-refractivity contribution is 6.01. The van der Waals surface area contributed by atoms with E-state index in [-0.39, 0.29) is 17.6 Å². The molecule has 6 nitrogen and oxygen atoms in total. The molecule has 5 N–H and O–H groups in total. The Bertz CT molecular complexity index is 582. The van der Waals surface area contributed by atoms with Gasteiger partial charge in [-0.15, -0.1) is 0 Å². The molecule has 2 aliphatic heterocycles. The van der Waals surface area contributed by atoms with Crippen LogP contribution in [0.5, 0.6) is 5.75 Å². The number of carbonyl (C=O) groups is 1. The normalized spacial score (nSPS) is 20.9. The Labute approximate surface area is 129 Å². The van der Waals surface area contributed by atoms with Gasteiger partial charge in [-0.05, 0) is 37.5 Å². The molecule has 6 heteroatoms. The zero-order valence-electron chi connectivity index (χ0n) is 12.5. The minimum atomic E-state index is -0.332. The SMILES string of the molecule is N=CCC(N)Nc1ccc2c(c1)C(=O)CC1(CCNCC1)O2. The molecule has 3 rings (SSSR count). The molecule has 1 aromatic carbocycles. The summed E-state index contributed by atoms with van der Waals surface area (Å²) in [6.07, 6.45) is 3.55. The van der Waals surface area contributed by atoms with Crippen LogP contribution in [0.1, 0.15) is 36.0 Å². The first-order chi connectivity index (χ1) is 10.6. The fourth-order valence-electron chi connectivity index (χ4n) is 3.15. The van der Waals surface area contributed by atoms with Crippen LogP contribution in [0.4, 0.5) is 5.69 Å². The molecular weight excluding hydrogens is 280 g/mol. The van der Waals surface area contributed by atoms with Crippen molar-refractivity contribution in [2.24, 2.45) is 5.73 Å². The van der Waals surface area contributed by atoms with Crippen molar-refractivity contribution in [1.29, 1.82) is 5.41 Å². The minimum Gasteiger partial charge on any atom is -0.486 e. The summed E-state index contributed by atoms with van der Waals surface area (Å²) in [5, 5.41) is 13.5. The van der Waals surface area contributed by atoms with E-state index in [9.17, 15) is 4.79 Å². The first-order valence-corrected chi connectivity index (χ1v) is 7.70. The van der Waals surface area contributed by atoms with Gasteiger partial charge in [0.2, 0.25) is 0 Å². The number of benzene rings is 1. The average Bonchev–Trinajstić information content (AvgIpc) is 2.49. The Balaban J connectivity index is 1.80. The van der Waals surface area contributed by atoms with Gasteiger partial charge >= 0.3 is 0 Å². The highest BCUT2D eigenvalue weighted by Crippen LogP contribution is 2.39. The van der Waals surface area contributed by atoms with E-state index in [0.717, 1.165) is 31.6 Å². The third kappa shape index (κ3) is 2.98. The zero-order valence-corrected chi connectivity index (χ0v) is 12.5. The van der Waals surface area contributed by atoms with E-state index < -0.39 is 0 Å². The lowest BCUT2D eigenvalue weighted by atomic mass is 9.83. The van der Waals surface area contributed by atoms with E-state index in [1.807, 2.05) is 12.1 Å². The molecule has 1 atom stereocenters. The molecular formula is C16H22N4O2. The molecule has 0 aliphatic carbocycles. The van der Waals surface area contributed by atoms with E-state index in [0.29, 0.717) is 24.2 Å². The summed E-state index contributed by atoms with van der Waals surface area (Å²) >= 11 is 0. The van der Waals surface area contributed by atoms with Gasteiger partial charge in [-0.1, -0.05) is 0 Å². The molecule has 2 heterocycles. The first kappa shape index (κ1) is 15.0. The van der Waals surface area contributed by atoms with Crippen LogP contribution in [0.25, 0.3) is 0 Å². The topological polar surface area (TPSA) is 100 Å². The molecule has 0 bridgehead atoms. The van der Waals surface area contributed by atoms with E-state index in [1.54, 1.807) is 6.07 Å². The number of piperidine rings is 1. The highest BCUT2D eigenvalue weighted by atomic mass is 16.5. The van der Waals surface area contributed by atoms with Crippen molar-refractivity contribution in [2.75, 3.05) is 18.4 Å². The summed E-state index contributed by atoms with van der Waals surface area (Å²) in [6.45, 7) is 1.78. The number of ketones is 1. The first-order valence-electron chi connectivity index (χ1n) is 7.70. The second-order valence-corrected chi connectivity index (χ2v) is 6.04. The lowest BCUT2D eigenvalue weighted by Crippen LogP contribution is -2.49. The van der Waals surface area contributed by atoms with E-state index in [4.69, 9.17) is 15.9 Å². The number of nitrogens with two attached hydrogens (primary N) is 1. The third-order valence-corrected chi connectivity index (χ3v) is 4.33. The predicted molar refractivity (Wildman–Crippen MR) is 85.9 cm³/mol. The van der Waals surface area contributed by atoms with E-state index in [2.05, 4.69) is 10.6 Å². The van der Waals surface area contributed by atoms with Gasteiger partial charge in [-0.25, -0.2) is 0 Å². The van der Waals surface area contributed by atoms with Gasteiger partial charge in [0.05, 0.1) is 18.2 Å². The minimum absolute atomic E-state index is 0.132. The number of hydrogen-bond acceptors (Lipinski definition) is 6. The van der Waals surface area contributed by atoms with Crippen LogP contribution in [0.15, 0.2) is 18.2 Å². The summed E-state index contributed by atoms with van der Waals surface area (Å²) in [6, 6.07) is 5.51. The van der Waals surface area contributed by atoms with E-state index in [1.165, 1.54) is 6.21 Å². The molecule has 1 unspecified atom stereocenters. The molecule has 1 saturated heterocycles. The summed E-state index contributed by atoms with van der Waals surface area (Å²) < 4.78 is 6.18. The van der Waals surface area contributed by atoms with Crippen LogP contribution >= 0.6 is 0 Å². The van der Waals surface area contributed by atoms with Crippen molar-refractivity contribution in [3.63, 3.8) is 0 Å². The van der Waals surface area contributed by atoms with Crippen LogP contribution in [0, 0.1) is 5.41 Å². The monoisotopic (exact) mass is 302 g/mol. The third-order valence-electron chi connectivity index (χ3n) is 4.33. The molecule has 0 amide bonds. The Morgan fingerprint density at radius 3 is 2.95 bits per heavy atom. The maximum Gasteiger partial charge on any atom is 0.170 e. The molecule has 22 heavy (non-hydrogen) atoms. The number of ether oxygens (including phenoxy) is 1. The summed E-state index contributed by atoms with van der Waals surface area (Å²) in [7, 11) is 0. The lowest BCUT2D eigenvalue weighted by molar-refractivity contribution is 0.0188. The zero-order chi connectivity index (χ0) is 15.6. The Hall–Kier alpha value is -1.92. The van der Waals surface area contributed by atoms with Gasteiger partial charge in [0.15, 0.2) is 5.78 Å². The number of anilines is 1. The number of Topliss-reactive ketones (excluding diaryl/α,β-unsaturated/α-hetero) is 1. The standard InChI is InChI=1S/C16H22N4O2/c17-6-3-15(18)20-11-1-2-14-12(9-11)13(21)10-16(22-14)4-7-19-8-5-16/h1-2,6,9,15,17,19-20H,3-5,7-8,10,18H2. The van der Waals surface area contributed by atoms with Gasteiger partial charge < -0.3 is 26.5 Å². The largest absolute Gasteiger partial charge is 0.486 e. The number of rotatable bonds is 4. The summed E-state index contributed by atoms with van der Waals surface area (Å²) in [4.78, 5) is 12.5. The van der Waals surface area contributed by atoms with Crippen molar-refractivity contribution < 1.29 is 9.53 Å². The molecule has 1 fully saturated rings. The van der Waals surface area contributed by atoms with Gasteiger partial charge in [0, 0.05) is 24.9 Å². The molecule has 0 radical (unpaired) electrons. The second kappa shape index (κ2) is 6.06. The van der Waals surface area contributed by atoms with Crippen LogP contribution in [0.2, 0.25) is 0 Å². The van der Waals surface area contributed by atoms with Crippen LogP contribution in [0.3, 0.4) is 0 Å². The average molecular weight is 302 g/mol. The fraction of sp³-hybridized carbons (Fsp3) is 0.500. The number of hydrogen-bond donors (Lipinski definition) is 4. The molecule has 0 aromatic heterocycles. The maximum atomic E-state index is 12.5. The highest BCUT2D eigenvalue weighted by Gasteiger charge is 2.41.